The molecule has 1 aliphatic rings. The molecule has 4 aromatic rings. The van der Waals surface area contributed by atoms with Gasteiger partial charge in [-0.2, -0.15) is 0 Å². The Bertz CT molecular complexity index is 1610. The van der Waals surface area contributed by atoms with Gasteiger partial charge in [-0.25, -0.2) is 22.5 Å². The Morgan fingerprint density at radius 3 is 2.59 bits per heavy atom. The van der Waals surface area contributed by atoms with E-state index in [1.165, 1.54) is 40.3 Å². The van der Waals surface area contributed by atoms with Crippen molar-refractivity contribution < 1.29 is 27.1 Å². The summed E-state index contributed by atoms with van der Waals surface area (Å²) in [5, 5.41) is 3.29. The Labute approximate surface area is 246 Å². The smallest absolute Gasteiger partial charge is 0.282 e. The van der Waals surface area contributed by atoms with E-state index in [9.17, 15) is 22.4 Å². The Balaban J connectivity index is 1.35. The highest BCUT2D eigenvalue weighted by Crippen LogP contribution is 2.37. The van der Waals surface area contributed by atoms with Gasteiger partial charge in [-0.15, -0.1) is 11.3 Å². The molecule has 3 heterocycles. The summed E-state index contributed by atoms with van der Waals surface area (Å²) >= 11 is 8.80. The minimum absolute atomic E-state index is 0.0850. The number of ether oxygens (including phenoxy) is 1. The van der Waals surface area contributed by atoms with Gasteiger partial charge in [-0.1, -0.05) is 23.5 Å². The number of thiophene rings is 1. The minimum Gasteiger partial charge on any atom is -0.487 e. The lowest BCUT2D eigenvalue weighted by molar-refractivity contribution is -0.0263. The van der Waals surface area contributed by atoms with Crippen LogP contribution in [0.1, 0.15) is 20.1 Å². The van der Waals surface area contributed by atoms with E-state index in [0.29, 0.717) is 38.1 Å². The standard InChI is InChI=1S/C28H23ClF4N4O2S2/c1-15-23(10-25(41-15)27(38)35-20-5-17(29)6-21(9-20)36-40-2)26-24(8-19(31)11-34-26)39-12-16-3-18(30)7-22(4-16)37-13-28(32,33)14-37/h3-11,36H,12-14H2,1-2H3,(H,35,38). The van der Waals surface area contributed by atoms with Crippen LogP contribution in [-0.4, -0.2) is 36.2 Å². The third kappa shape index (κ3) is 6.88. The van der Waals surface area contributed by atoms with E-state index >= 15 is 0 Å². The van der Waals surface area contributed by atoms with Crippen molar-refractivity contribution in [2.24, 2.45) is 0 Å². The first-order chi connectivity index (χ1) is 19.5. The van der Waals surface area contributed by atoms with Gasteiger partial charge in [0.05, 0.1) is 24.2 Å². The third-order valence-electron chi connectivity index (χ3n) is 6.14. The van der Waals surface area contributed by atoms with Crippen molar-refractivity contribution in [1.29, 1.82) is 0 Å². The molecule has 0 radical (unpaired) electrons. The van der Waals surface area contributed by atoms with E-state index in [-0.39, 0.29) is 18.3 Å². The van der Waals surface area contributed by atoms with Crippen LogP contribution < -0.4 is 19.7 Å². The van der Waals surface area contributed by atoms with Crippen LogP contribution in [0.2, 0.25) is 5.02 Å². The van der Waals surface area contributed by atoms with Crippen LogP contribution in [0.15, 0.2) is 54.7 Å². The largest absolute Gasteiger partial charge is 0.487 e. The number of amides is 1. The van der Waals surface area contributed by atoms with Crippen molar-refractivity contribution in [3.63, 3.8) is 0 Å². The number of alkyl halides is 2. The SMILES string of the molecule is CSNc1cc(Cl)cc(NC(=O)c2cc(-c3ncc(F)cc3OCc3cc(F)cc(N4CC(F)(F)C4)c3)c(C)s2)c1. The van der Waals surface area contributed by atoms with Crippen molar-refractivity contribution >= 4 is 57.9 Å². The number of hydrogen-bond acceptors (Lipinski definition) is 7. The summed E-state index contributed by atoms with van der Waals surface area (Å²) < 4.78 is 64.0. The quantitative estimate of drug-likeness (QED) is 0.146. The number of aromatic nitrogens is 1. The van der Waals surface area contributed by atoms with Crippen molar-refractivity contribution in [3.8, 4) is 17.0 Å². The second-order valence-corrected chi connectivity index (χ2v) is 11.7. The summed E-state index contributed by atoms with van der Waals surface area (Å²) in [6.45, 7) is 0.655. The van der Waals surface area contributed by atoms with Crippen LogP contribution in [0, 0.1) is 18.6 Å². The van der Waals surface area contributed by atoms with Gasteiger partial charge in [0.1, 0.15) is 29.7 Å². The van der Waals surface area contributed by atoms with Crippen molar-refractivity contribution in [3.05, 3.63) is 86.7 Å². The van der Waals surface area contributed by atoms with Crippen LogP contribution in [0.25, 0.3) is 11.3 Å². The zero-order valence-electron chi connectivity index (χ0n) is 21.7. The highest BCUT2D eigenvalue weighted by Gasteiger charge is 2.44. The predicted molar refractivity (Wildman–Crippen MR) is 157 cm³/mol. The molecule has 6 nitrogen and oxygen atoms in total. The zero-order valence-corrected chi connectivity index (χ0v) is 24.1. The first kappa shape index (κ1) is 29.0. The first-order valence-corrected chi connectivity index (χ1v) is 14.6. The number of pyridine rings is 1. The Kier molecular flexibility index (Phi) is 8.35. The van der Waals surface area contributed by atoms with E-state index in [0.717, 1.165) is 22.8 Å². The topological polar surface area (TPSA) is 66.5 Å². The number of halogens is 5. The maximum absolute atomic E-state index is 14.3. The molecule has 1 fully saturated rings. The van der Waals surface area contributed by atoms with Gasteiger partial charge in [0.15, 0.2) is 0 Å². The van der Waals surface area contributed by atoms with E-state index < -0.39 is 30.6 Å². The van der Waals surface area contributed by atoms with Gasteiger partial charge in [-0.3, -0.25) is 4.79 Å². The molecule has 1 saturated heterocycles. The number of carbonyl (C=O) groups is 1. The molecule has 5 rings (SSSR count). The van der Waals surface area contributed by atoms with E-state index in [2.05, 4.69) is 15.0 Å². The minimum atomic E-state index is -2.80. The average molecular weight is 623 g/mol. The molecule has 41 heavy (non-hydrogen) atoms. The number of hydrogen-bond donors (Lipinski definition) is 2. The number of rotatable bonds is 9. The zero-order chi connectivity index (χ0) is 29.3. The lowest BCUT2D eigenvalue weighted by Crippen LogP contribution is -2.56. The normalized spacial score (nSPS) is 14.0. The maximum atomic E-state index is 14.3. The number of nitrogens with zero attached hydrogens (tertiary/aromatic N) is 2. The molecular weight excluding hydrogens is 600 g/mol. The highest BCUT2D eigenvalue weighted by molar-refractivity contribution is 7.99. The van der Waals surface area contributed by atoms with Crippen molar-refractivity contribution in [1.82, 2.24) is 4.98 Å². The molecule has 0 aliphatic carbocycles. The van der Waals surface area contributed by atoms with Gasteiger partial charge in [-0.05, 0) is 55.0 Å². The molecule has 0 spiro atoms. The van der Waals surface area contributed by atoms with E-state index in [1.807, 2.05) is 6.26 Å². The van der Waals surface area contributed by atoms with Crippen LogP contribution >= 0.6 is 34.9 Å². The molecular formula is C28H23ClF4N4O2S2. The molecule has 2 aromatic heterocycles. The molecule has 1 aliphatic heterocycles. The fourth-order valence-electron chi connectivity index (χ4n) is 4.35. The number of anilines is 3. The second kappa shape index (κ2) is 11.8. The van der Waals surface area contributed by atoms with Crippen LogP contribution in [-0.2, 0) is 6.61 Å². The molecule has 2 aromatic carbocycles. The molecule has 2 N–H and O–H groups in total. The van der Waals surface area contributed by atoms with E-state index in [1.54, 1.807) is 37.3 Å². The van der Waals surface area contributed by atoms with Crippen LogP contribution in [0.3, 0.4) is 0 Å². The van der Waals surface area contributed by atoms with Gasteiger partial charge in [0.2, 0.25) is 0 Å². The number of benzene rings is 2. The van der Waals surface area contributed by atoms with Crippen molar-refractivity contribution in [2.45, 2.75) is 19.5 Å². The molecule has 1 amide bonds. The summed E-state index contributed by atoms with van der Waals surface area (Å²) in [6, 6.07) is 11.9. The summed E-state index contributed by atoms with van der Waals surface area (Å²) in [5.41, 5.74) is 2.79. The summed E-state index contributed by atoms with van der Waals surface area (Å²) in [6.07, 6.45) is 2.90. The maximum Gasteiger partial charge on any atom is 0.282 e. The molecule has 0 unspecified atom stereocenters. The van der Waals surface area contributed by atoms with Gasteiger partial charge in [0.25, 0.3) is 11.8 Å². The third-order valence-corrected chi connectivity index (χ3v) is 7.85. The lowest BCUT2D eigenvalue weighted by atomic mass is 10.1. The molecule has 0 saturated carbocycles. The van der Waals surface area contributed by atoms with Crippen LogP contribution in [0.4, 0.5) is 34.6 Å². The van der Waals surface area contributed by atoms with Gasteiger partial charge in [0, 0.05) is 44.8 Å². The number of nitrogens with one attached hydrogen (secondary N) is 2. The van der Waals surface area contributed by atoms with Crippen LogP contribution in [0.5, 0.6) is 5.75 Å². The fourth-order valence-corrected chi connectivity index (χ4v) is 5.85. The molecule has 0 bridgehead atoms. The molecule has 214 valence electrons. The Morgan fingerprint density at radius 2 is 1.85 bits per heavy atom. The Morgan fingerprint density at radius 1 is 1.10 bits per heavy atom. The second-order valence-electron chi connectivity index (χ2n) is 9.39. The summed E-state index contributed by atoms with van der Waals surface area (Å²) in [5.74, 6) is -4.33. The predicted octanol–water partition coefficient (Wildman–Crippen LogP) is 8.03. The van der Waals surface area contributed by atoms with Gasteiger partial charge < -0.3 is 19.7 Å². The van der Waals surface area contributed by atoms with E-state index in [4.69, 9.17) is 16.3 Å². The van der Waals surface area contributed by atoms with Gasteiger partial charge >= 0.3 is 0 Å². The highest BCUT2D eigenvalue weighted by atomic mass is 35.5. The summed E-state index contributed by atoms with van der Waals surface area (Å²) in [7, 11) is 0. The van der Waals surface area contributed by atoms with Crippen molar-refractivity contribution in [2.75, 3.05) is 34.3 Å². The monoisotopic (exact) mass is 622 g/mol. The number of carbonyl (C=O) groups excluding carboxylic acids is 1. The molecule has 0 atom stereocenters. The lowest BCUT2D eigenvalue weighted by Gasteiger charge is -2.40. The average Bonchev–Trinajstić information content (AvgIpc) is 3.27. The number of aryl methyl sites for hydroxylation is 1. The fraction of sp³-hybridized carbons (Fsp3) is 0.214. The summed E-state index contributed by atoms with van der Waals surface area (Å²) in [4.78, 5) is 19.8. The first-order valence-electron chi connectivity index (χ1n) is 12.2. The Hall–Kier alpha value is -3.48. The molecule has 13 heteroatoms.